The summed E-state index contributed by atoms with van der Waals surface area (Å²) in [6.45, 7) is 8.30. The molecule has 0 aliphatic rings. The molecule has 2 heteroatoms. The van der Waals surface area contributed by atoms with Crippen molar-refractivity contribution >= 4 is 0 Å². The summed E-state index contributed by atoms with van der Waals surface area (Å²) >= 11 is 0. The fraction of sp³-hybridized carbons (Fsp3) is 0.545. The third kappa shape index (κ3) is 3.05. The van der Waals surface area contributed by atoms with Gasteiger partial charge >= 0.3 is 0 Å². The van der Waals surface area contributed by atoms with Gasteiger partial charge in [0.2, 0.25) is 0 Å². The molecule has 0 aromatic carbocycles. The second kappa shape index (κ2) is 4.26. The quantitative estimate of drug-likeness (QED) is 0.711. The Morgan fingerprint density at radius 1 is 1.23 bits per heavy atom. The van der Waals surface area contributed by atoms with Gasteiger partial charge in [0, 0.05) is 18.0 Å². The van der Waals surface area contributed by atoms with Crippen LogP contribution in [0.25, 0.3) is 0 Å². The number of aromatic nitrogens is 1. The van der Waals surface area contributed by atoms with Crippen molar-refractivity contribution in [2.45, 2.75) is 39.7 Å². The maximum atomic E-state index is 5.56. The molecule has 1 heterocycles. The first-order valence-electron chi connectivity index (χ1n) is 4.72. The first-order valence-corrected chi connectivity index (χ1v) is 4.72. The van der Waals surface area contributed by atoms with Crippen LogP contribution in [0, 0.1) is 0 Å². The van der Waals surface area contributed by atoms with Gasteiger partial charge in [-0.05, 0) is 25.8 Å². The zero-order valence-electron chi connectivity index (χ0n) is 8.74. The Labute approximate surface area is 80.0 Å². The molecular weight excluding hydrogens is 162 g/mol. The Hall–Kier alpha value is -1.05. The van der Waals surface area contributed by atoms with Crippen LogP contribution in [0.1, 0.15) is 39.3 Å². The zero-order chi connectivity index (χ0) is 9.84. The molecule has 0 atom stereocenters. The molecule has 13 heavy (non-hydrogen) atoms. The zero-order valence-corrected chi connectivity index (χ0v) is 8.74. The van der Waals surface area contributed by atoms with E-state index in [9.17, 15) is 0 Å². The largest absolute Gasteiger partial charge is 0.491 e. The van der Waals surface area contributed by atoms with E-state index >= 15 is 0 Å². The van der Waals surface area contributed by atoms with Crippen molar-refractivity contribution in [3.8, 4) is 5.75 Å². The van der Waals surface area contributed by atoms with Gasteiger partial charge in [0.15, 0.2) is 0 Å². The van der Waals surface area contributed by atoms with Gasteiger partial charge in [0.1, 0.15) is 5.75 Å². The minimum Gasteiger partial charge on any atom is -0.491 e. The van der Waals surface area contributed by atoms with Crippen molar-refractivity contribution in [3.63, 3.8) is 0 Å². The average Bonchev–Trinajstić information content (AvgIpc) is 2.03. The van der Waals surface area contributed by atoms with Crippen molar-refractivity contribution < 1.29 is 4.74 Å². The molecule has 0 aliphatic heterocycles. The number of rotatable bonds is 3. The molecule has 1 aromatic heterocycles. The Balaban J connectivity index is 2.79. The summed E-state index contributed by atoms with van der Waals surface area (Å²) in [5.41, 5.74) is 1.08. The van der Waals surface area contributed by atoms with Crippen LogP contribution in [-0.4, -0.2) is 11.1 Å². The maximum absolute atomic E-state index is 5.56. The van der Waals surface area contributed by atoms with Crippen LogP contribution in [0.5, 0.6) is 5.75 Å². The van der Waals surface area contributed by atoms with Crippen LogP contribution in [0.2, 0.25) is 0 Å². The van der Waals surface area contributed by atoms with Crippen molar-refractivity contribution in [3.05, 3.63) is 24.0 Å². The molecule has 2 nitrogen and oxygen atoms in total. The minimum atomic E-state index is 0.224. The van der Waals surface area contributed by atoms with Gasteiger partial charge in [-0.15, -0.1) is 0 Å². The molecule has 0 spiro atoms. The van der Waals surface area contributed by atoms with E-state index in [0.717, 1.165) is 11.4 Å². The molecular formula is C11H17NO. The highest BCUT2D eigenvalue weighted by atomic mass is 16.5. The SMILES string of the molecule is CC(C)Oc1ccnc(C(C)C)c1. The second-order valence-electron chi connectivity index (χ2n) is 3.74. The standard InChI is InChI=1S/C11H17NO/c1-8(2)11-7-10(5-6-12-11)13-9(3)4/h5-9H,1-4H3. The predicted molar refractivity (Wildman–Crippen MR) is 54.1 cm³/mol. The second-order valence-corrected chi connectivity index (χ2v) is 3.74. The highest BCUT2D eigenvalue weighted by molar-refractivity contribution is 5.24. The van der Waals surface area contributed by atoms with Gasteiger partial charge in [-0.2, -0.15) is 0 Å². The predicted octanol–water partition coefficient (Wildman–Crippen LogP) is 2.99. The molecule has 0 radical (unpaired) electrons. The number of hydrogen-bond acceptors (Lipinski definition) is 2. The van der Waals surface area contributed by atoms with E-state index in [-0.39, 0.29) is 6.10 Å². The van der Waals surface area contributed by atoms with Gasteiger partial charge in [0.25, 0.3) is 0 Å². The monoisotopic (exact) mass is 179 g/mol. The lowest BCUT2D eigenvalue weighted by Gasteiger charge is -2.11. The average molecular weight is 179 g/mol. The summed E-state index contributed by atoms with van der Waals surface area (Å²) < 4.78 is 5.56. The minimum absolute atomic E-state index is 0.224. The van der Waals surface area contributed by atoms with Crippen LogP contribution >= 0.6 is 0 Å². The summed E-state index contributed by atoms with van der Waals surface area (Å²) in [6.07, 6.45) is 2.02. The number of pyridine rings is 1. The summed E-state index contributed by atoms with van der Waals surface area (Å²) in [5.74, 6) is 1.37. The van der Waals surface area contributed by atoms with Gasteiger partial charge in [0.05, 0.1) is 6.10 Å². The van der Waals surface area contributed by atoms with Crippen LogP contribution < -0.4 is 4.74 Å². The van der Waals surface area contributed by atoms with Crippen molar-refractivity contribution in [2.24, 2.45) is 0 Å². The number of nitrogens with zero attached hydrogens (tertiary/aromatic N) is 1. The smallest absolute Gasteiger partial charge is 0.123 e. The van der Waals surface area contributed by atoms with Crippen LogP contribution in [-0.2, 0) is 0 Å². The fourth-order valence-corrected chi connectivity index (χ4v) is 1.09. The Kier molecular flexibility index (Phi) is 3.29. The van der Waals surface area contributed by atoms with Crippen LogP contribution in [0.15, 0.2) is 18.3 Å². The maximum Gasteiger partial charge on any atom is 0.123 e. The van der Waals surface area contributed by atoms with Gasteiger partial charge < -0.3 is 4.74 Å². The van der Waals surface area contributed by atoms with Gasteiger partial charge in [-0.3, -0.25) is 4.98 Å². The number of hydrogen-bond donors (Lipinski definition) is 0. The highest BCUT2D eigenvalue weighted by Crippen LogP contribution is 2.18. The molecule has 1 aromatic rings. The van der Waals surface area contributed by atoms with E-state index in [1.165, 1.54) is 0 Å². The molecule has 0 saturated heterocycles. The Bertz CT molecular complexity index is 269. The Morgan fingerprint density at radius 3 is 2.46 bits per heavy atom. The molecule has 0 bridgehead atoms. The van der Waals surface area contributed by atoms with E-state index in [2.05, 4.69) is 18.8 Å². The third-order valence-corrected chi connectivity index (χ3v) is 1.72. The molecule has 0 aliphatic carbocycles. The van der Waals surface area contributed by atoms with Gasteiger partial charge in [-0.25, -0.2) is 0 Å². The molecule has 0 unspecified atom stereocenters. The van der Waals surface area contributed by atoms with Crippen molar-refractivity contribution in [2.75, 3.05) is 0 Å². The topological polar surface area (TPSA) is 22.1 Å². The van der Waals surface area contributed by atoms with E-state index in [1.54, 1.807) is 6.20 Å². The van der Waals surface area contributed by atoms with Crippen LogP contribution in [0.4, 0.5) is 0 Å². The molecule has 1 rings (SSSR count). The molecule has 72 valence electrons. The van der Waals surface area contributed by atoms with Crippen LogP contribution in [0.3, 0.4) is 0 Å². The van der Waals surface area contributed by atoms with E-state index in [4.69, 9.17) is 4.74 Å². The van der Waals surface area contributed by atoms with Crippen molar-refractivity contribution in [1.82, 2.24) is 4.98 Å². The summed E-state index contributed by atoms with van der Waals surface area (Å²) in [5, 5.41) is 0. The molecule has 0 fully saturated rings. The van der Waals surface area contributed by atoms with E-state index < -0.39 is 0 Å². The first-order chi connectivity index (χ1) is 6.09. The van der Waals surface area contributed by atoms with Gasteiger partial charge in [-0.1, -0.05) is 13.8 Å². The Morgan fingerprint density at radius 2 is 1.92 bits per heavy atom. The first kappa shape index (κ1) is 10.0. The summed E-state index contributed by atoms with van der Waals surface area (Å²) in [7, 11) is 0. The normalized spacial score (nSPS) is 10.9. The van der Waals surface area contributed by atoms with E-state index in [0.29, 0.717) is 5.92 Å². The lowest BCUT2D eigenvalue weighted by molar-refractivity contribution is 0.242. The molecule has 0 N–H and O–H groups in total. The lowest BCUT2D eigenvalue weighted by Crippen LogP contribution is -2.06. The van der Waals surface area contributed by atoms with E-state index in [1.807, 2.05) is 26.0 Å². The number of ether oxygens (including phenoxy) is 1. The fourth-order valence-electron chi connectivity index (χ4n) is 1.09. The molecule has 0 saturated carbocycles. The highest BCUT2D eigenvalue weighted by Gasteiger charge is 2.03. The third-order valence-electron chi connectivity index (χ3n) is 1.72. The van der Waals surface area contributed by atoms with Crippen molar-refractivity contribution in [1.29, 1.82) is 0 Å². The summed E-state index contributed by atoms with van der Waals surface area (Å²) in [4.78, 5) is 4.27. The molecule has 0 amide bonds. The summed E-state index contributed by atoms with van der Waals surface area (Å²) in [6, 6.07) is 3.90. The lowest BCUT2D eigenvalue weighted by atomic mass is 10.1.